The van der Waals surface area contributed by atoms with Crippen LogP contribution in [-0.2, 0) is 16.1 Å². The molecule has 2 aromatic rings. The monoisotopic (exact) mass is 452 g/mol. The van der Waals surface area contributed by atoms with Crippen LogP contribution in [-0.4, -0.2) is 43.0 Å². The van der Waals surface area contributed by atoms with Gasteiger partial charge in [-0.25, -0.2) is 0 Å². The van der Waals surface area contributed by atoms with Crippen LogP contribution >= 0.6 is 23.2 Å². The molecule has 0 fully saturated rings. The summed E-state index contributed by atoms with van der Waals surface area (Å²) in [7, 11) is 1.53. The lowest BCUT2D eigenvalue weighted by molar-refractivity contribution is -0.142. The van der Waals surface area contributed by atoms with Gasteiger partial charge in [0, 0.05) is 28.7 Å². The maximum absolute atomic E-state index is 13.1. The summed E-state index contributed by atoms with van der Waals surface area (Å²) in [5, 5.41) is 3.63. The van der Waals surface area contributed by atoms with E-state index in [9.17, 15) is 9.59 Å². The number of rotatable bonds is 10. The molecule has 0 aromatic heterocycles. The largest absolute Gasteiger partial charge is 0.493 e. The van der Waals surface area contributed by atoms with E-state index in [1.54, 1.807) is 42.5 Å². The van der Waals surface area contributed by atoms with Crippen LogP contribution in [0.1, 0.15) is 25.8 Å². The van der Waals surface area contributed by atoms with Crippen molar-refractivity contribution >= 4 is 35.0 Å². The molecule has 0 saturated carbocycles. The minimum absolute atomic E-state index is 0.0856. The van der Waals surface area contributed by atoms with Gasteiger partial charge in [0.05, 0.1) is 7.11 Å². The average Bonchev–Trinajstić information content (AvgIpc) is 2.74. The number of amides is 2. The molecule has 162 valence electrons. The summed E-state index contributed by atoms with van der Waals surface area (Å²) in [5.74, 6) is 0.348. The Morgan fingerprint density at radius 1 is 1.03 bits per heavy atom. The van der Waals surface area contributed by atoms with E-state index in [4.69, 9.17) is 32.7 Å². The van der Waals surface area contributed by atoms with Gasteiger partial charge >= 0.3 is 0 Å². The molecule has 2 aromatic carbocycles. The van der Waals surface area contributed by atoms with E-state index in [-0.39, 0.29) is 25.0 Å². The van der Waals surface area contributed by atoms with Crippen molar-refractivity contribution in [3.05, 3.63) is 58.1 Å². The quantitative estimate of drug-likeness (QED) is 0.582. The smallest absolute Gasteiger partial charge is 0.261 e. The topological polar surface area (TPSA) is 67.9 Å². The Kier molecular flexibility index (Phi) is 9.27. The van der Waals surface area contributed by atoms with Crippen LogP contribution in [0, 0.1) is 0 Å². The SMILES string of the molecule is CCNC(=O)C(CC)N(Cc1c(Cl)cccc1Cl)C(=O)COc1ccccc1OC. The summed E-state index contributed by atoms with van der Waals surface area (Å²) < 4.78 is 10.9. The van der Waals surface area contributed by atoms with Crippen molar-refractivity contribution in [1.82, 2.24) is 10.2 Å². The van der Waals surface area contributed by atoms with Crippen LogP contribution in [0.2, 0.25) is 10.0 Å². The van der Waals surface area contributed by atoms with Crippen LogP contribution in [0.4, 0.5) is 0 Å². The number of hydrogen-bond acceptors (Lipinski definition) is 4. The van der Waals surface area contributed by atoms with Crippen molar-refractivity contribution in [3.8, 4) is 11.5 Å². The second-order valence-electron chi connectivity index (χ2n) is 6.48. The Morgan fingerprint density at radius 2 is 1.67 bits per heavy atom. The third-order valence-corrected chi connectivity index (χ3v) is 5.26. The minimum atomic E-state index is -0.689. The highest BCUT2D eigenvalue weighted by Crippen LogP contribution is 2.28. The lowest BCUT2D eigenvalue weighted by Crippen LogP contribution is -2.50. The number of nitrogens with one attached hydrogen (secondary N) is 1. The van der Waals surface area contributed by atoms with E-state index in [1.807, 2.05) is 13.8 Å². The third kappa shape index (κ3) is 6.03. The Morgan fingerprint density at radius 3 is 2.23 bits per heavy atom. The molecular weight excluding hydrogens is 427 g/mol. The molecule has 0 bridgehead atoms. The fourth-order valence-electron chi connectivity index (χ4n) is 3.03. The lowest BCUT2D eigenvalue weighted by Gasteiger charge is -2.31. The number of nitrogens with zero attached hydrogens (tertiary/aromatic N) is 1. The number of carbonyl (C=O) groups is 2. The van der Waals surface area contributed by atoms with Crippen molar-refractivity contribution in [3.63, 3.8) is 0 Å². The van der Waals surface area contributed by atoms with Crippen molar-refractivity contribution in [1.29, 1.82) is 0 Å². The molecule has 0 aliphatic heterocycles. The van der Waals surface area contributed by atoms with Crippen LogP contribution in [0.25, 0.3) is 0 Å². The standard InChI is InChI=1S/C22H26Cl2N2O4/c1-4-18(22(28)25-5-2)26(13-15-16(23)9-8-10-17(15)24)21(27)14-30-20-12-7-6-11-19(20)29-3/h6-12,18H,4-5,13-14H2,1-3H3,(H,25,28). The van der Waals surface area contributed by atoms with Crippen LogP contribution in [0.15, 0.2) is 42.5 Å². The fourth-order valence-corrected chi connectivity index (χ4v) is 3.54. The molecule has 0 aliphatic carbocycles. The number of benzene rings is 2. The zero-order valence-electron chi connectivity index (χ0n) is 17.3. The highest BCUT2D eigenvalue weighted by molar-refractivity contribution is 6.36. The van der Waals surface area contributed by atoms with Crippen LogP contribution in [0.5, 0.6) is 11.5 Å². The first-order chi connectivity index (χ1) is 14.4. The minimum Gasteiger partial charge on any atom is -0.493 e. The van der Waals surface area contributed by atoms with Gasteiger partial charge in [0.15, 0.2) is 18.1 Å². The number of hydrogen-bond donors (Lipinski definition) is 1. The van der Waals surface area contributed by atoms with Gasteiger partial charge in [-0.1, -0.05) is 48.3 Å². The van der Waals surface area contributed by atoms with Crippen molar-refractivity contribution in [2.45, 2.75) is 32.9 Å². The van der Waals surface area contributed by atoms with Gasteiger partial charge in [0.2, 0.25) is 5.91 Å². The molecule has 6 nitrogen and oxygen atoms in total. The lowest BCUT2D eigenvalue weighted by atomic mass is 10.1. The zero-order valence-corrected chi connectivity index (χ0v) is 18.8. The highest BCUT2D eigenvalue weighted by atomic mass is 35.5. The summed E-state index contributed by atoms with van der Waals surface area (Å²) in [4.78, 5) is 27.2. The summed E-state index contributed by atoms with van der Waals surface area (Å²) in [6.45, 7) is 3.95. The van der Waals surface area contributed by atoms with Gasteiger partial charge in [-0.15, -0.1) is 0 Å². The molecule has 1 atom stereocenters. The summed E-state index contributed by atoms with van der Waals surface area (Å²) >= 11 is 12.6. The molecule has 0 radical (unpaired) electrons. The Bertz CT molecular complexity index is 856. The molecule has 1 unspecified atom stereocenters. The molecule has 0 spiro atoms. The number of para-hydroxylation sites is 2. The van der Waals surface area contributed by atoms with E-state index in [0.29, 0.717) is 40.1 Å². The predicted molar refractivity (Wildman–Crippen MR) is 118 cm³/mol. The van der Waals surface area contributed by atoms with Crippen LogP contribution < -0.4 is 14.8 Å². The second-order valence-corrected chi connectivity index (χ2v) is 7.29. The van der Waals surface area contributed by atoms with E-state index in [1.165, 1.54) is 12.0 Å². The number of carbonyl (C=O) groups excluding carboxylic acids is 2. The first-order valence-corrected chi connectivity index (χ1v) is 10.4. The highest BCUT2D eigenvalue weighted by Gasteiger charge is 2.30. The van der Waals surface area contributed by atoms with Gasteiger partial charge in [-0.2, -0.15) is 0 Å². The number of likely N-dealkylation sites (N-methyl/N-ethyl adjacent to an activating group) is 1. The third-order valence-electron chi connectivity index (χ3n) is 4.55. The number of ether oxygens (including phenoxy) is 2. The van der Waals surface area contributed by atoms with Crippen molar-refractivity contribution < 1.29 is 19.1 Å². The molecule has 8 heteroatoms. The Labute approximate surface area is 187 Å². The summed E-state index contributed by atoms with van der Waals surface area (Å²) in [6, 6.07) is 11.5. The van der Waals surface area contributed by atoms with Gasteiger partial charge in [0.1, 0.15) is 6.04 Å². The van der Waals surface area contributed by atoms with E-state index < -0.39 is 6.04 Å². The zero-order chi connectivity index (χ0) is 22.1. The van der Waals surface area contributed by atoms with Gasteiger partial charge in [0.25, 0.3) is 5.91 Å². The molecule has 2 amide bonds. The second kappa shape index (κ2) is 11.7. The predicted octanol–water partition coefficient (Wildman–Crippen LogP) is 4.32. The Balaban J connectivity index is 2.29. The summed E-state index contributed by atoms with van der Waals surface area (Å²) in [6.07, 6.45) is 0.425. The molecule has 30 heavy (non-hydrogen) atoms. The Hall–Kier alpha value is -2.44. The van der Waals surface area contributed by atoms with Crippen LogP contribution in [0.3, 0.4) is 0 Å². The first-order valence-electron chi connectivity index (χ1n) is 9.68. The maximum Gasteiger partial charge on any atom is 0.261 e. The van der Waals surface area contributed by atoms with E-state index >= 15 is 0 Å². The number of methoxy groups -OCH3 is 1. The van der Waals surface area contributed by atoms with Crippen molar-refractivity contribution in [2.24, 2.45) is 0 Å². The molecule has 1 N–H and O–H groups in total. The van der Waals surface area contributed by atoms with Gasteiger partial charge in [-0.3, -0.25) is 9.59 Å². The fraction of sp³-hybridized carbons (Fsp3) is 0.364. The molecule has 0 saturated heterocycles. The first kappa shape index (κ1) is 23.8. The molecular formula is C22H26Cl2N2O4. The molecule has 0 heterocycles. The van der Waals surface area contributed by atoms with E-state index in [0.717, 1.165) is 0 Å². The van der Waals surface area contributed by atoms with E-state index in [2.05, 4.69) is 5.32 Å². The average molecular weight is 453 g/mol. The summed E-state index contributed by atoms with van der Waals surface area (Å²) in [5.41, 5.74) is 0.578. The maximum atomic E-state index is 13.1. The number of halogens is 2. The normalized spacial score (nSPS) is 11.5. The molecule has 0 aliphatic rings. The van der Waals surface area contributed by atoms with Gasteiger partial charge in [-0.05, 0) is 37.6 Å². The molecule has 2 rings (SSSR count). The van der Waals surface area contributed by atoms with Crippen molar-refractivity contribution in [2.75, 3.05) is 20.3 Å². The van der Waals surface area contributed by atoms with Gasteiger partial charge < -0.3 is 19.7 Å².